The minimum atomic E-state index is -1.15. The van der Waals surface area contributed by atoms with Gasteiger partial charge in [0.1, 0.15) is 17.2 Å². The molecule has 2 aromatic heterocycles. The van der Waals surface area contributed by atoms with E-state index in [1.165, 1.54) is 0 Å². The van der Waals surface area contributed by atoms with Gasteiger partial charge >= 0.3 is 0 Å². The minimum absolute atomic E-state index is 0. The number of furan rings is 1. The van der Waals surface area contributed by atoms with Crippen LogP contribution in [0, 0.1) is 5.92 Å². The Morgan fingerprint density at radius 1 is 1.37 bits per heavy atom. The lowest BCUT2D eigenvalue weighted by Gasteiger charge is -2.19. The first kappa shape index (κ1) is 26.8. The van der Waals surface area contributed by atoms with E-state index in [-0.39, 0.29) is 30.5 Å². The third kappa shape index (κ3) is 8.10. The lowest BCUT2D eigenvalue weighted by molar-refractivity contribution is 0.0437. The number of hydrogen-bond donors (Lipinski definition) is 3. The Balaban J connectivity index is 0.00000450. The molecular formula is C20H35IN6O2S. The molecular weight excluding hydrogens is 515 g/mol. The van der Waals surface area contributed by atoms with Crippen molar-refractivity contribution in [1.82, 2.24) is 25.4 Å². The van der Waals surface area contributed by atoms with Gasteiger partial charge in [0.05, 0.1) is 12.8 Å². The number of aromatic nitrogens is 3. The van der Waals surface area contributed by atoms with Gasteiger partial charge in [0.2, 0.25) is 0 Å². The van der Waals surface area contributed by atoms with Crippen LogP contribution < -0.4 is 10.6 Å². The summed E-state index contributed by atoms with van der Waals surface area (Å²) in [5, 5.41) is 26.7. The van der Waals surface area contributed by atoms with Crippen LogP contribution in [0.3, 0.4) is 0 Å². The molecule has 2 heterocycles. The number of aliphatic hydroxyl groups is 1. The van der Waals surface area contributed by atoms with Crippen LogP contribution in [0.2, 0.25) is 0 Å². The van der Waals surface area contributed by atoms with E-state index in [1.807, 2.05) is 13.2 Å². The lowest BCUT2D eigenvalue weighted by Crippen LogP contribution is -2.39. The topological polar surface area (TPSA) is 100 Å². The second kappa shape index (κ2) is 13.2. The second-order valence-corrected chi connectivity index (χ2v) is 8.36. The van der Waals surface area contributed by atoms with E-state index in [9.17, 15) is 5.11 Å². The predicted molar refractivity (Wildman–Crippen MR) is 133 cm³/mol. The van der Waals surface area contributed by atoms with Gasteiger partial charge in [0.15, 0.2) is 11.1 Å². The Bertz CT molecular complexity index is 761. The normalized spacial score (nSPS) is 13.8. The molecule has 0 saturated carbocycles. The molecule has 10 heteroatoms. The molecule has 1 atom stereocenters. The van der Waals surface area contributed by atoms with Crippen LogP contribution in [-0.2, 0) is 18.6 Å². The van der Waals surface area contributed by atoms with E-state index < -0.39 is 5.60 Å². The summed E-state index contributed by atoms with van der Waals surface area (Å²) in [7, 11) is 0. The lowest BCUT2D eigenvalue weighted by atomic mass is 10.0. The van der Waals surface area contributed by atoms with Gasteiger partial charge in [-0.05, 0) is 44.6 Å². The van der Waals surface area contributed by atoms with Crippen molar-refractivity contribution in [3.63, 3.8) is 0 Å². The number of rotatable bonds is 11. The highest BCUT2D eigenvalue weighted by Crippen LogP contribution is 2.21. The third-order valence-electron chi connectivity index (χ3n) is 4.33. The molecule has 0 spiro atoms. The quantitative estimate of drug-likeness (QED) is 0.130. The van der Waals surface area contributed by atoms with Crippen molar-refractivity contribution in [3.8, 4) is 0 Å². The van der Waals surface area contributed by atoms with Crippen LogP contribution in [0.1, 0.15) is 45.7 Å². The standard InChI is InChI=1S/C20H34N6O2S.HI/c1-6-21-18(23-14-20(4,27)16-9-8-12-28-16)22-11-7-10-17-24-25-19(29-5)26(17)13-15(2)3;/h8-9,12,15,27H,6-7,10-11,13-14H2,1-5H3,(H2,21,22,23);1H. The first-order valence-corrected chi connectivity index (χ1v) is 11.3. The summed E-state index contributed by atoms with van der Waals surface area (Å²) in [5.41, 5.74) is -1.15. The Hall–Kier alpha value is -1.27. The first-order chi connectivity index (χ1) is 13.9. The fourth-order valence-electron chi connectivity index (χ4n) is 2.89. The van der Waals surface area contributed by atoms with Crippen molar-refractivity contribution in [2.45, 2.75) is 57.8 Å². The molecule has 0 saturated heterocycles. The number of aryl methyl sites for hydroxylation is 1. The summed E-state index contributed by atoms with van der Waals surface area (Å²) in [4.78, 5) is 4.51. The van der Waals surface area contributed by atoms with Crippen LogP contribution in [0.4, 0.5) is 0 Å². The number of hydrogen-bond acceptors (Lipinski definition) is 6. The van der Waals surface area contributed by atoms with Gasteiger partial charge in [-0.25, -0.2) is 4.99 Å². The maximum absolute atomic E-state index is 10.6. The molecule has 0 bridgehead atoms. The fraction of sp³-hybridized carbons (Fsp3) is 0.650. The molecule has 0 aliphatic rings. The summed E-state index contributed by atoms with van der Waals surface area (Å²) >= 11 is 1.63. The van der Waals surface area contributed by atoms with Gasteiger partial charge in [-0.1, -0.05) is 25.6 Å². The average molecular weight is 551 g/mol. The highest BCUT2D eigenvalue weighted by atomic mass is 127. The van der Waals surface area contributed by atoms with Gasteiger partial charge in [0.25, 0.3) is 0 Å². The van der Waals surface area contributed by atoms with E-state index >= 15 is 0 Å². The molecule has 0 aliphatic carbocycles. The Morgan fingerprint density at radius 3 is 2.73 bits per heavy atom. The number of nitrogens with one attached hydrogen (secondary N) is 2. The van der Waals surface area contributed by atoms with Crippen molar-refractivity contribution in [3.05, 3.63) is 30.0 Å². The van der Waals surface area contributed by atoms with Gasteiger partial charge in [-0.2, -0.15) is 0 Å². The Morgan fingerprint density at radius 2 is 2.13 bits per heavy atom. The van der Waals surface area contributed by atoms with Crippen LogP contribution in [0.15, 0.2) is 33.0 Å². The molecule has 0 aliphatic heterocycles. The van der Waals surface area contributed by atoms with Crippen molar-refractivity contribution >= 4 is 41.7 Å². The largest absolute Gasteiger partial charge is 0.466 e. The summed E-state index contributed by atoms with van der Waals surface area (Å²) in [6.07, 6.45) is 5.33. The Labute approximate surface area is 200 Å². The zero-order chi connectivity index (χ0) is 21.3. The maximum Gasteiger partial charge on any atom is 0.191 e. The highest BCUT2D eigenvalue weighted by molar-refractivity contribution is 14.0. The second-order valence-electron chi connectivity index (χ2n) is 7.58. The monoisotopic (exact) mass is 550 g/mol. The zero-order valence-corrected chi connectivity index (χ0v) is 21.7. The molecule has 0 fully saturated rings. The van der Waals surface area contributed by atoms with Crippen LogP contribution in [0.25, 0.3) is 0 Å². The maximum atomic E-state index is 10.6. The van der Waals surface area contributed by atoms with E-state index in [0.717, 1.165) is 43.5 Å². The summed E-state index contributed by atoms with van der Waals surface area (Å²) in [5.74, 6) is 2.75. The van der Waals surface area contributed by atoms with Crippen molar-refractivity contribution in [2.24, 2.45) is 10.9 Å². The molecule has 3 N–H and O–H groups in total. The summed E-state index contributed by atoms with van der Waals surface area (Å²) in [6.45, 7) is 10.7. The summed E-state index contributed by atoms with van der Waals surface area (Å²) < 4.78 is 7.53. The predicted octanol–water partition coefficient (Wildman–Crippen LogP) is 3.26. The third-order valence-corrected chi connectivity index (χ3v) is 5.00. The van der Waals surface area contributed by atoms with Gasteiger partial charge in [0, 0.05) is 26.1 Å². The van der Waals surface area contributed by atoms with Gasteiger partial charge < -0.3 is 24.7 Å². The van der Waals surface area contributed by atoms with E-state index in [1.54, 1.807) is 37.1 Å². The molecule has 2 rings (SSSR count). The molecule has 170 valence electrons. The number of guanidine groups is 1. The zero-order valence-electron chi connectivity index (χ0n) is 18.5. The Kier molecular flexibility index (Phi) is 11.8. The van der Waals surface area contributed by atoms with Crippen LogP contribution >= 0.6 is 35.7 Å². The molecule has 30 heavy (non-hydrogen) atoms. The molecule has 0 radical (unpaired) electrons. The van der Waals surface area contributed by atoms with Crippen molar-refractivity contribution in [2.75, 3.05) is 25.9 Å². The van der Waals surface area contributed by atoms with E-state index in [2.05, 4.69) is 44.2 Å². The van der Waals surface area contributed by atoms with Crippen molar-refractivity contribution in [1.29, 1.82) is 0 Å². The molecule has 8 nitrogen and oxygen atoms in total. The van der Waals surface area contributed by atoms with Crippen molar-refractivity contribution < 1.29 is 9.52 Å². The fourth-order valence-corrected chi connectivity index (χ4v) is 3.42. The minimum Gasteiger partial charge on any atom is -0.466 e. The number of aliphatic imine (C=N–C) groups is 1. The number of nitrogens with zero attached hydrogens (tertiary/aromatic N) is 4. The smallest absolute Gasteiger partial charge is 0.191 e. The van der Waals surface area contributed by atoms with Crippen LogP contribution in [-0.4, -0.2) is 51.7 Å². The molecule has 0 amide bonds. The van der Waals surface area contributed by atoms with E-state index in [4.69, 9.17) is 4.42 Å². The van der Waals surface area contributed by atoms with E-state index in [0.29, 0.717) is 17.6 Å². The summed E-state index contributed by atoms with van der Waals surface area (Å²) in [6, 6.07) is 3.52. The first-order valence-electron chi connectivity index (χ1n) is 10.1. The van der Waals surface area contributed by atoms with Crippen LogP contribution in [0.5, 0.6) is 0 Å². The average Bonchev–Trinajstić information content (AvgIpc) is 3.33. The molecule has 1 unspecified atom stereocenters. The van der Waals surface area contributed by atoms with Gasteiger partial charge in [-0.15, -0.1) is 34.2 Å². The molecule has 0 aromatic carbocycles. The number of halogens is 1. The van der Waals surface area contributed by atoms with Gasteiger partial charge in [-0.3, -0.25) is 0 Å². The SMILES string of the molecule is CCNC(=NCC(C)(O)c1ccco1)NCCCc1nnc(SC)n1CC(C)C.I. The highest BCUT2D eigenvalue weighted by Gasteiger charge is 2.26. The molecule has 2 aromatic rings. The number of thioether (sulfide) groups is 1.